The molecule has 0 saturated carbocycles. The third-order valence-corrected chi connectivity index (χ3v) is 2.32. The maximum atomic E-state index is 5.24. The molecule has 13 heavy (non-hydrogen) atoms. The third-order valence-electron chi connectivity index (χ3n) is 2.32. The standard InChI is InChI=1S/C11H22N2/c1-5-10-13(4)11(3)8-7-9-12-6-2/h1,11-12H,6-10H2,2-4H3. The molecule has 1 atom stereocenters. The molecule has 0 fully saturated rings. The van der Waals surface area contributed by atoms with Crippen molar-refractivity contribution in [1.29, 1.82) is 0 Å². The van der Waals surface area contributed by atoms with Gasteiger partial charge in [-0.2, -0.15) is 0 Å². The Kier molecular flexibility index (Phi) is 7.77. The van der Waals surface area contributed by atoms with Crippen LogP contribution in [0.1, 0.15) is 26.7 Å². The average Bonchev–Trinajstić information content (AvgIpc) is 2.12. The number of nitrogens with zero attached hydrogens (tertiary/aromatic N) is 1. The molecule has 0 saturated heterocycles. The van der Waals surface area contributed by atoms with Crippen LogP contribution in [0, 0.1) is 12.3 Å². The van der Waals surface area contributed by atoms with Crippen LogP contribution in [0.4, 0.5) is 0 Å². The highest BCUT2D eigenvalue weighted by atomic mass is 15.1. The second-order valence-electron chi connectivity index (χ2n) is 3.46. The summed E-state index contributed by atoms with van der Waals surface area (Å²) in [4.78, 5) is 2.21. The number of hydrogen-bond donors (Lipinski definition) is 1. The lowest BCUT2D eigenvalue weighted by Crippen LogP contribution is -2.30. The highest BCUT2D eigenvalue weighted by Gasteiger charge is 2.06. The van der Waals surface area contributed by atoms with Gasteiger partial charge in [-0.25, -0.2) is 0 Å². The summed E-state index contributed by atoms with van der Waals surface area (Å²) in [5, 5.41) is 3.32. The molecule has 0 aromatic carbocycles. The molecular formula is C11H22N2. The zero-order valence-electron chi connectivity index (χ0n) is 9.14. The van der Waals surface area contributed by atoms with E-state index in [1.54, 1.807) is 0 Å². The molecule has 2 nitrogen and oxygen atoms in total. The van der Waals surface area contributed by atoms with Crippen LogP contribution >= 0.6 is 0 Å². The molecule has 0 rings (SSSR count). The average molecular weight is 182 g/mol. The molecule has 76 valence electrons. The highest BCUT2D eigenvalue weighted by molar-refractivity contribution is 4.88. The Morgan fingerprint density at radius 1 is 1.54 bits per heavy atom. The summed E-state index contributed by atoms with van der Waals surface area (Å²) in [6.07, 6.45) is 7.68. The molecule has 2 heteroatoms. The van der Waals surface area contributed by atoms with Crippen LogP contribution in [0.3, 0.4) is 0 Å². The van der Waals surface area contributed by atoms with Gasteiger partial charge >= 0.3 is 0 Å². The van der Waals surface area contributed by atoms with Crippen LogP contribution in [-0.4, -0.2) is 37.6 Å². The van der Waals surface area contributed by atoms with E-state index in [-0.39, 0.29) is 0 Å². The van der Waals surface area contributed by atoms with Crippen molar-refractivity contribution < 1.29 is 0 Å². The first-order valence-electron chi connectivity index (χ1n) is 5.06. The van der Waals surface area contributed by atoms with Crippen molar-refractivity contribution in [1.82, 2.24) is 10.2 Å². The van der Waals surface area contributed by atoms with E-state index in [1.807, 2.05) is 0 Å². The normalized spacial score (nSPS) is 12.8. The lowest BCUT2D eigenvalue weighted by atomic mass is 10.1. The summed E-state index contributed by atoms with van der Waals surface area (Å²) < 4.78 is 0. The molecule has 0 aliphatic carbocycles. The summed E-state index contributed by atoms with van der Waals surface area (Å²) in [5.41, 5.74) is 0. The van der Waals surface area contributed by atoms with Crippen molar-refractivity contribution >= 4 is 0 Å². The molecule has 0 spiro atoms. The molecule has 0 aromatic heterocycles. The Bertz CT molecular complexity index is 149. The van der Waals surface area contributed by atoms with E-state index in [9.17, 15) is 0 Å². The Morgan fingerprint density at radius 2 is 2.23 bits per heavy atom. The maximum absolute atomic E-state index is 5.24. The van der Waals surface area contributed by atoms with Crippen molar-refractivity contribution in [2.45, 2.75) is 32.7 Å². The lowest BCUT2D eigenvalue weighted by molar-refractivity contribution is 0.270. The van der Waals surface area contributed by atoms with Gasteiger partial charge in [-0.1, -0.05) is 12.8 Å². The molecule has 1 N–H and O–H groups in total. The van der Waals surface area contributed by atoms with E-state index in [2.05, 4.69) is 37.0 Å². The zero-order valence-corrected chi connectivity index (χ0v) is 9.14. The number of terminal acetylenes is 1. The van der Waals surface area contributed by atoms with E-state index in [1.165, 1.54) is 12.8 Å². The molecular weight excluding hydrogens is 160 g/mol. The van der Waals surface area contributed by atoms with Crippen LogP contribution in [0.2, 0.25) is 0 Å². The predicted molar refractivity (Wildman–Crippen MR) is 58.7 cm³/mol. The molecule has 0 radical (unpaired) electrons. The van der Waals surface area contributed by atoms with E-state index in [0.29, 0.717) is 6.04 Å². The van der Waals surface area contributed by atoms with E-state index in [4.69, 9.17) is 6.42 Å². The van der Waals surface area contributed by atoms with Gasteiger partial charge < -0.3 is 5.32 Å². The maximum Gasteiger partial charge on any atom is 0.0598 e. The van der Waals surface area contributed by atoms with Crippen LogP contribution in [-0.2, 0) is 0 Å². The van der Waals surface area contributed by atoms with Gasteiger partial charge in [0.1, 0.15) is 0 Å². The van der Waals surface area contributed by atoms with Crippen molar-refractivity contribution in [2.24, 2.45) is 0 Å². The second-order valence-corrected chi connectivity index (χ2v) is 3.46. The largest absolute Gasteiger partial charge is 0.317 e. The SMILES string of the molecule is C#CCN(C)C(C)CCCNCC. The van der Waals surface area contributed by atoms with Crippen LogP contribution < -0.4 is 5.32 Å². The first-order valence-corrected chi connectivity index (χ1v) is 5.06. The minimum Gasteiger partial charge on any atom is -0.317 e. The van der Waals surface area contributed by atoms with Crippen molar-refractivity contribution in [2.75, 3.05) is 26.7 Å². The van der Waals surface area contributed by atoms with Crippen LogP contribution in [0.5, 0.6) is 0 Å². The second kappa shape index (κ2) is 8.10. The van der Waals surface area contributed by atoms with Gasteiger partial charge in [-0.15, -0.1) is 6.42 Å². The van der Waals surface area contributed by atoms with Gasteiger partial charge in [0.15, 0.2) is 0 Å². The summed E-state index contributed by atoms with van der Waals surface area (Å²) in [7, 11) is 2.08. The lowest BCUT2D eigenvalue weighted by Gasteiger charge is -2.22. The minimum atomic E-state index is 0.592. The third kappa shape index (κ3) is 6.62. The molecule has 0 amide bonds. The summed E-state index contributed by atoms with van der Waals surface area (Å²) in [6, 6.07) is 0.592. The molecule has 0 bridgehead atoms. The highest BCUT2D eigenvalue weighted by Crippen LogP contribution is 2.02. The Labute approximate surface area is 82.7 Å². The summed E-state index contributed by atoms with van der Waals surface area (Å²) in [5.74, 6) is 2.66. The van der Waals surface area contributed by atoms with E-state index in [0.717, 1.165) is 19.6 Å². The molecule has 0 aromatic rings. The fraction of sp³-hybridized carbons (Fsp3) is 0.818. The topological polar surface area (TPSA) is 15.3 Å². The van der Waals surface area contributed by atoms with Gasteiger partial charge in [0.2, 0.25) is 0 Å². The molecule has 0 heterocycles. The molecule has 0 aliphatic rings. The minimum absolute atomic E-state index is 0.592. The monoisotopic (exact) mass is 182 g/mol. The fourth-order valence-electron chi connectivity index (χ4n) is 1.22. The Balaban J connectivity index is 3.39. The predicted octanol–water partition coefficient (Wildman–Crippen LogP) is 1.33. The van der Waals surface area contributed by atoms with Gasteiger partial charge in [0.25, 0.3) is 0 Å². The summed E-state index contributed by atoms with van der Waals surface area (Å²) >= 11 is 0. The Morgan fingerprint density at radius 3 is 2.77 bits per heavy atom. The zero-order chi connectivity index (χ0) is 10.1. The van der Waals surface area contributed by atoms with Crippen LogP contribution in [0.25, 0.3) is 0 Å². The smallest absolute Gasteiger partial charge is 0.0598 e. The van der Waals surface area contributed by atoms with Gasteiger partial charge in [0.05, 0.1) is 6.54 Å². The van der Waals surface area contributed by atoms with Gasteiger partial charge in [0, 0.05) is 6.04 Å². The summed E-state index contributed by atoms with van der Waals surface area (Å²) in [6.45, 7) is 7.29. The van der Waals surface area contributed by atoms with Gasteiger partial charge in [-0.05, 0) is 39.9 Å². The van der Waals surface area contributed by atoms with Crippen LogP contribution in [0.15, 0.2) is 0 Å². The first kappa shape index (κ1) is 12.5. The van der Waals surface area contributed by atoms with E-state index >= 15 is 0 Å². The van der Waals surface area contributed by atoms with Gasteiger partial charge in [-0.3, -0.25) is 4.90 Å². The first-order chi connectivity index (χ1) is 6.22. The quantitative estimate of drug-likeness (QED) is 0.472. The van der Waals surface area contributed by atoms with Crippen molar-refractivity contribution in [3.63, 3.8) is 0 Å². The Hall–Kier alpha value is -0.520. The van der Waals surface area contributed by atoms with E-state index < -0.39 is 0 Å². The van der Waals surface area contributed by atoms with Crippen molar-refractivity contribution in [3.05, 3.63) is 0 Å². The fourth-order valence-corrected chi connectivity index (χ4v) is 1.22. The number of hydrogen-bond acceptors (Lipinski definition) is 2. The van der Waals surface area contributed by atoms with Crippen molar-refractivity contribution in [3.8, 4) is 12.3 Å². The molecule has 0 aliphatic heterocycles. The molecule has 1 unspecified atom stereocenters. The number of rotatable bonds is 7. The number of nitrogens with one attached hydrogen (secondary N) is 1.